The van der Waals surface area contributed by atoms with Gasteiger partial charge in [0.05, 0.1) is 6.54 Å². The zero-order valence-electron chi connectivity index (χ0n) is 16.7. The molecule has 1 amide bonds. The van der Waals surface area contributed by atoms with E-state index < -0.39 is 5.60 Å². The first kappa shape index (κ1) is 21.6. The van der Waals surface area contributed by atoms with Crippen LogP contribution in [0, 0.1) is 11.7 Å². The molecule has 1 aliphatic carbocycles. The first-order valence-electron chi connectivity index (χ1n) is 10.1. The van der Waals surface area contributed by atoms with Crippen LogP contribution in [-0.4, -0.2) is 39.5 Å². The van der Waals surface area contributed by atoms with Gasteiger partial charge in [-0.3, -0.25) is 0 Å². The van der Waals surface area contributed by atoms with Gasteiger partial charge in [-0.05, 0) is 43.7 Å². The van der Waals surface area contributed by atoms with E-state index in [0.717, 1.165) is 38.0 Å². The Labute approximate surface area is 189 Å². The van der Waals surface area contributed by atoms with Crippen molar-refractivity contribution >= 4 is 40.8 Å². The maximum Gasteiger partial charge on any atom is 0.416 e. The normalized spacial score (nSPS) is 22.9. The molecule has 3 aromatic rings. The average molecular weight is 464 g/mol. The Hall–Kier alpha value is -2.65. The first-order valence-corrected chi connectivity index (χ1v) is 10.9. The van der Waals surface area contributed by atoms with Gasteiger partial charge in [-0.2, -0.15) is 5.10 Å². The fraction of sp³-hybridized carbons (Fsp3) is 0.381. The quantitative estimate of drug-likeness (QED) is 0.583. The number of amides is 1. The number of ether oxygens (including phenoxy) is 1. The number of para-hydroxylation sites is 1. The highest BCUT2D eigenvalue weighted by atomic mass is 35.5. The number of carbonyl (C=O) groups excluding carboxylic acids is 1. The summed E-state index contributed by atoms with van der Waals surface area (Å²) in [6, 6.07) is 8.42. The summed E-state index contributed by atoms with van der Waals surface area (Å²) < 4.78 is 21.3. The molecule has 1 aromatic carbocycles. The summed E-state index contributed by atoms with van der Waals surface area (Å²) in [5.41, 5.74) is 0.0315. The Morgan fingerprint density at radius 2 is 2.06 bits per heavy atom. The van der Waals surface area contributed by atoms with E-state index in [0.29, 0.717) is 23.3 Å². The Kier molecular flexibility index (Phi) is 6.15. The Morgan fingerprint density at radius 1 is 1.26 bits per heavy atom. The number of hydrogen-bond donors (Lipinski definition) is 1. The molecule has 7 nitrogen and oxygen atoms in total. The number of rotatable bonds is 5. The lowest BCUT2D eigenvalue weighted by Crippen LogP contribution is -2.39. The first-order chi connectivity index (χ1) is 14.6. The van der Waals surface area contributed by atoms with Gasteiger partial charge in [0.25, 0.3) is 0 Å². The van der Waals surface area contributed by atoms with Crippen LogP contribution < -0.4 is 10.2 Å². The number of halogens is 2. The minimum absolute atomic E-state index is 0. The van der Waals surface area contributed by atoms with Gasteiger partial charge in [0.2, 0.25) is 0 Å². The van der Waals surface area contributed by atoms with Crippen LogP contribution in [-0.2, 0) is 4.74 Å². The van der Waals surface area contributed by atoms with Gasteiger partial charge in [-0.25, -0.2) is 23.8 Å². The third-order valence-electron chi connectivity index (χ3n) is 5.90. The van der Waals surface area contributed by atoms with E-state index in [2.05, 4.69) is 15.4 Å². The summed E-state index contributed by atoms with van der Waals surface area (Å²) in [7, 11) is 0. The lowest BCUT2D eigenvalue weighted by molar-refractivity contribution is 0.0148. The van der Waals surface area contributed by atoms with E-state index in [1.54, 1.807) is 40.2 Å². The zero-order valence-corrected chi connectivity index (χ0v) is 18.4. The summed E-state index contributed by atoms with van der Waals surface area (Å²) in [5, 5.41) is 10.4. The molecule has 1 saturated carbocycles. The molecule has 2 fully saturated rings. The summed E-state index contributed by atoms with van der Waals surface area (Å²) in [5.74, 6) is 0.894. The summed E-state index contributed by atoms with van der Waals surface area (Å²) >= 11 is 1.45. The third-order valence-corrected chi connectivity index (χ3v) is 6.69. The van der Waals surface area contributed by atoms with Crippen LogP contribution in [0.2, 0.25) is 0 Å². The van der Waals surface area contributed by atoms with Crippen molar-refractivity contribution in [1.29, 1.82) is 0 Å². The van der Waals surface area contributed by atoms with Crippen molar-refractivity contribution in [2.75, 3.05) is 23.3 Å². The maximum absolute atomic E-state index is 13.9. The van der Waals surface area contributed by atoms with Gasteiger partial charge in [0.1, 0.15) is 22.9 Å². The second-order valence-corrected chi connectivity index (χ2v) is 8.75. The molecule has 0 radical (unpaired) electrons. The van der Waals surface area contributed by atoms with Crippen molar-refractivity contribution in [3.63, 3.8) is 0 Å². The third kappa shape index (κ3) is 4.38. The molecule has 2 aliphatic rings. The van der Waals surface area contributed by atoms with E-state index in [1.807, 2.05) is 11.4 Å². The fourth-order valence-electron chi connectivity index (χ4n) is 4.23. The van der Waals surface area contributed by atoms with Crippen LogP contribution in [0.15, 0.2) is 48.1 Å². The molecule has 0 atom stereocenters. The second kappa shape index (κ2) is 8.84. The number of benzene rings is 1. The molecule has 164 valence electrons. The van der Waals surface area contributed by atoms with Crippen molar-refractivity contribution in [3.8, 4) is 5.69 Å². The van der Waals surface area contributed by atoms with E-state index >= 15 is 0 Å². The highest BCUT2D eigenvalue weighted by Gasteiger charge is 2.48. The molecule has 1 saturated heterocycles. The van der Waals surface area contributed by atoms with Gasteiger partial charge < -0.3 is 10.1 Å². The van der Waals surface area contributed by atoms with Crippen LogP contribution in [0.5, 0.6) is 0 Å². The van der Waals surface area contributed by atoms with Crippen LogP contribution in [0.3, 0.4) is 0 Å². The zero-order chi connectivity index (χ0) is 20.6. The summed E-state index contributed by atoms with van der Waals surface area (Å²) in [6.45, 7) is 1.36. The molecular weight excluding hydrogens is 441 g/mol. The van der Waals surface area contributed by atoms with Crippen LogP contribution >= 0.6 is 23.7 Å². The highest BCUT2D eigenvalue weighted by molar-refractivity contribution is 7.13. The van der Waals surface area contributed by atoms with Crippen molar-refractivity contribution in [2.24, 2.45) is 5.92 Å². The molecular formula is C21H23ClFN5O2S. The molecule has 3 heterocycles. The standard InChI is InChI=1S/C21H22FN5O2S.ClH/c22-16-3-1-2-4-17(16)27-11-7-18(25-27)24-13-15-5-8-21(9-6-15)14-26(20(28)29-21)19-23-10-12-30-19;/h1-4,7,10-12,15H,5-6,8-9,13-14H2,(H,24,25);1H/t15-,21-;. The molecule has 0 bridgehead atoms. The smallest absolute Gasteiger partial charge is 0.416 e. The molecule has 1 aliphatic heterocycles. The number of anilines is 2. The van der Waals surface area contributed by atoms with Crippen LogP contribution in [0.1, 0.15) is 25.7 Å². The summed E-state index contributed by atoms with van der Waals surface area (Å²) in [4.78, 5) is 18.2. The molecule has 1 N–H and O–H groups in total. The van der Waals surface area contributed by atoms with E-state index in [9.17, 15) is 9.18 Å². The topological polar surface area (TPSA) is 72.3 Å². The predicted molar refractivity (Wildman–Crippen MR) is 120 cm³/mol. The average Bonchev–Trinajstić information content (AvgIpc) is 3.49. The highest BCUT2D eigenvalue weighted by Crippen LogP contribution is 2.41. The Morgan fingerprint density at radius 3 is 2.81 bits per heavy atom. The van der Waals surface area contributed by atoms with Crippen LogP contribution in [0.25, 0.3) is 5.69 Å². The SMILES string of the molecule is Cl.O=C1O[C@]2(CC[C@H](CNc3ccn(-c4ccccc4F)n3)CC2)CN1c1nccs1. The number of carbonyl (C=O) groups is 1. The second-order valence-electron chi connectivity index (χ2n) is 7.87. The van der Waals surface area contributed by atoms with E-state index in [-0.39, 0.29) is 24.3 Å². The van der Waals surface area contributed by atoms with Crippen molar-refractivity contribution < 1.29 is 13.9 Å². The monoisotopic (exact) mass is 463 g/mol. The van der Waals surface area contributed by atoms with Crippen LogP contribution in [0.4, 0.5) is 20.1 Å². The largest absolute Gasteiger partial charge is 0.441 e. The number of aromatic nitrogens is 3. The Balaban J connectivity index is 0.00000231. The maximum atomic E-state index is 13.9. The minimum Gasteiger partial charge on any atom is -0.441 e. The number of thiazole rings is 1. The van der Waals surface area contributed by atoms with Gasteiger partial charge >= 0.3 is 6.09 Å². The Bertz CT molecular complexity index is 1040. The predicted octanol–water partition coefficient (Wildman–Crippen LogP) is 4.89. The number of nitrogens with one attached hydrogen (secondary N) is 1. The van der Waals surface area contributed by atoms with Gasteiger partial charge in [-0.1, -0.05) is 12.1 Å². The lowest BCUT2D eigenvalue weighted by atomic mass is 9.78. The molecule has 31 heavy (non-hydrogen) atoms. The van der Waals surface area contributed by atoms with E-state index in [1.165, 1.54) is 17.4 Å². The number of nitrogens with zero attached hydrogens (tertiary/aromatic N) is 4. The molecule has 0 unspecified atom stereocenters. The van der Waals surface area contributed by atoms with Gasteiger partial charge in [0.15, 0.2) is 5.13 Å². The van der Waals surface area contributed by atoms with Gasteiger partial charge in [-0.15, -0.1) is 23.7 Å². The molecule has 5 rings (SSSR count). The van der Waals surface area contributed by atoms with Crippen molar-refractivity contribution in [3.05, 3.63) is 53.9 Å². The molecule has 2 aromatic heterocycles. The van der Waals surface area contributed by atoms with Gasteiger partial charge in [0, 0.05) is 30.4 Å². The minimum atomic E-state index is -0.397. The number of hydrogen-bond acceptors (Lipinski definition) is 6. The lowest BCUT2D eigenvalue weighted by Gasteiger charge is -2.35. The van der Waals surface area contributed by atoms with E-state index in [4.69, 9.17) is 4.74 Å². The fourth-order valence-corrected chi connectivity index (χ4v) is 4.86. The van der Waals surface area contributed by atoms with Crippen molar-refractivity contribution in [2.45, 2.75) is 31.3 Å². The molecule has 1 spiro atoms. The van der Waals surface area contributed by atoms with Crippen molar-refractivity contribution in [1.82, 2.24) is 14.8 Å². The molecule has 10 heteroatoms. The summed E-state index contributed by atoms with van der Waals surface area (Å²) in [6.07, 6.45) is 6.80.